The molecule has 0 saturated heterocycles. The first-order valence-electron chi connectivity index (χ1n) is 7.40. The average molecular weight is 254 g/mol. The molecular weight excluding hydrogens is 224 g/mol. The van der Waals surface area contributed by atoms with Gasteiger partial charge < -0.3 is 11.1 Å². The van der Waals surface area contributed by atoms with Crippen molar-refractivity contribution in [1.29, 1.82) is 0 Å². The summed E-state index contributed by atoms with van der Waals surface area (Å²) in [6.45, 7) is 9.41. The first-order chi connectivity index (χ1) is 8.37. The molecule has 2 atom stereocenters. The first kappa shape index (κ1) is 15.5. The van der Waals surface area contributed by atoms with Crippen molar-refractivity contribution in [2.75, 3.05) is 6.54 Å². The van der Waals surface area contributed by atoms with E-state index in [1.54, 1.807) is 0 Å². The van der Waals surface area contributed by atoms with Gasteiger partial charge in [0.25, 0.3) is 0 Å². The summed E-state index contributed by atoms with van der Waals surface area (Å²) in [6, 6.07) is 0.246. The van der Waals surface area contributed by atoms with E-state index in [-0.39, 0.29) is 17.9 Å². The molecule has 18 heavy (non-hydrogen) atoms. The molecule has 0 aromatic heterocycles. The Bertz CT molecular complexity index is 270. The third-order valence-electron chi connectivity index (χ3n) is 4.48. The number of amides is 1. The average Bonchev–Trinajstić information content (AvgIpc) is 3.06. The Balaban J connectivity index is 2.20. The molecule has 3 N–H and O–H groups in total. The molecule has 106 valence electrons. The predicted molar refractivity (Wildman–Crippen MR) is 76.2 cm³/mol. The highest BCUT2D eigenvalue weighted by Crippen LogP contribution is 2.51. The van der Waals surface area contributed by atoms with Crippen LogP contribution in [0.25, 0.3) is 0 Å². The van der Waals surface area contributed by atoms with Crippen molar-refractivity contribution < 1.29 is 4.79 Å². The molecule has 1 amide bonds. The number of carbonyl (C=O) groups excluding carboxylic acids is 1. The molecule has 0 bridgehead atoms. The predicted octanol–water partition coefficient (Wildman–Crippen LogP) is 2.69. The van der Waals surface area contributed by atoms with Gasteiger partial charge in [-0.3, -0.25) is 4.79 Å². The number of carbonyl (C=O) groups is 1. The fraction of sp³-hybridized carbons (Fsp3) is 0.933. The van der Waals surface area contributed by atoms with Gasteiger partial charge in [0.05, 0.1) is 0 Å². The van der Waals surface area contributed by atoms with E-state index in [0.717, 1.165) is 25.8 Å². The van der Waals surface area contributed by atoms with Crippen LogP contribution in [-0.4, -0.2) is 18.5 Å². The smallest absolute Gasteiger partial charge is 0.222 e. The molecule has 0 aromatic rings. The lowest BCUT2D eigenvalue weighted by molar-refractivity contribution is -0.125. The Hall–Kier alpha value is -0.570. The van der Waals surface area contributed by atoms with Gasteiger partial charge in [-0.15, -0.1) is 0 Å². The fourth-order valence-electron chi connectivity index (χ4n) is 2.43. The third-order valence-corrected chi connectivity index (χ3v) is 4.48. The number of hydrogen-bond donors (Lipinski definition) is 2. The van der Waals surface area contributed by atoms with Crippen molar-refractivity contribution in [1.82, 2.24) is 5.32 Å². The number of hydrogen-bond acceptors (Lipinski definition) is 2. The van der Waals surface area contributed by atoms with Crippen LogP contribution in [0.4, 0.5) is 0 Å². The number of nitrogens with two attached hydrogens (primary N) is 1. The van der Waals surface area contributed by atoms with Crippen molar-refractivity contribution in [3.05, 3.63) is 0 Å². The zero-order valence-corrected chi connectivity index (χ0v) is 12.5. The van der Waals surface area contributed by atoms with E-state index in [2.05, 4.69) is 19.2 Å². The van der Waals surface area contributed by atoms with Gasteiger partial charge in [-0.2, -0.15) is 0 Å². The summed E-state index contributed by atoms with van der Waals surface area (Å²) in [6.07, 6.45) is 5.53. The summed E-state index contributed by atoms with van der Waals surface area (Å²) in [4.78, 5) is 12.0. The largest absolute Gasteiger partial charge is 0.355 e. The second-order valence-corrected chi connectivity index (χ2v) is 6.54. The lowest BCUT2D eigenvalue weighted by Gasteiger charge is -2.21. The van der Waals surface area contributed by atoms with Crippen molar-refractivity contribution >= 4 is 5.91 Å². The summed E-state index contributed by atoms with van der Waals surface area (Å²) in [5.41, 5.74) is 6.12. The molecule has 0 spiro atoms. The van der Waals surface area contributed by atoms with Crippen LogP contribution in [-0.2, 0) is 4.79 Å². The first-order valence-corrected chi connectivity index (χ1v) is 7.40. The number of nitrogens with one attached hydrogen (secondary N) is 1. The minimum atomic E-state index is 0.117. The molecular formula is C15H30N2O. The van der Waals surface area contributed by atoms with E-state index >= 15 is 0 Å². The summed E-state index contributed by atoms with van der Waals surface area (Å²) in [5.74, 6) is 1.00. The van der Waals surface area contributed by atoms with Crippen LogP contribution in [0.15, 0.2) is 0 Å². The highest BCUT2D eigenvalue weighted by atomic mass is 16.1. The monoisotopic (exact) mass is 254 g/mol. The Kier molecular flexibility index (Phi) is 5.64. The van der Waals surface area contributed by atoms with E-state index in [0.29, 0.717) is 11.3 Å². The van der Waals surface area contributed by atoms with Crippen molar-refractivity contribution in [2.24, 2.45) is 23.0 Å². The van der Waals surface area contributed by atoms with E-state index in [9.17, 15) is 4.79 Å². The van der Waals surface area contributed by atoms with Crippen LogP contribution in [0.3, 0.4) is 0 Å². The molecule has 3 heteroatoms. The highest BCUT2D eigenvalue weighted by molar-refractivity contribution is 5.78. The lowest BCUT2D eigenvalue weighted by Crippen LogP contribution is -2.35. The van der Waals surface area contributed by atoms with E-state index in [1.807, 2.05) is 13.8 Å². The molecule has 3 nitrogen and oxygen atoms in total. The summed E-state index contributed by atoms with van der Waals surface area (Å²) in [5, 5.41) is 3.13. The van der Waals surface area contributed by atoms with Gasteiger partial charge in [-0.1, -0.05) is 27.2 Å². The van der Waals surface area contributed by atoms with Crippen LogP contribution in [0.2, 0.25) is 0 Å². The molecule has 1 saturated carbocycles. The maximum absolute atomic E-state index is 12.0. The molecule has 0 aliphatic heterocycles. The standard InChI is InChI=1S/C15H30N2O/c1-11(2)15(8-9-15)10-17-14(18)12(3)6-5-7-13(4)16/h11-13H,5-10,16H2,1-4H3,(H,17,18). The minimum Gasteiger partial charge on any atom is -0.355 e. The van der Waals surface area contributed by atoms with Gasteiger partial charge in [0, 0.05) is 18.5 Å². The third kappa shape index (κ3) is 4.60. The SMILES string of the molecule is CC(N)CCCC(C)C(=O)NCC1(C(C)C)CC1. The topological polar surface area (TPSA) is 55.1 Å². The van der Waals surface area contributed by atoms with Crippen LogP contribution in [0.5, 0.6) is 0 Å². The van der Waals surface area contributed by atoms with Gasteiger partial charge in [0.1, 0.15) is 0 Å². The fourth-order valence-corrected chi connectivity index (χ4v) is 2.43. The Morgan fingerprint density at radius 2 is 1.83 bits per heavy atom. The summed E-state index contributed by atoms with van der Waals surface area (Å²) >= 11 is 0. The van der Waals surface area contributed by atoms with Gasteiger partial charge in [-0.25, -0.2) is 0 Å². The van der Waals surface area contributed by atoms with Gasteiger partial charge in [0.2, 0.25) is 5.91 Å². The van der Waals surface area contributed by atoms with Gasteiger partial charge in [0.15, 0.2) is 0 Å². The Morgan fingerprint density at radius 1 is 1.22 bits per heavy atom. The second kappa shape index (κ2) is 6.55. The summed E-state index contributed by atoms with van der Waals surface area (Å²) in [7, 11) is 0. The summed E-state index contributed by atoms with van der Waals surface area (Å²) < 4.78 is 0. The van der Waals surface area contributed by atoms with E-state index in [4.69, 9.17) is 5.73 Å². The van der Waals surface area contributed by atoms with Gasteiger partial charge in [-0.05, 0) is 43.9 Å². The van der Waals surface area contributed by atoms with E-state index < -0.39 is 0 Å². The van der Waals surface area contributed by atoms with Crippen LogP contribution in [0, 0.1) is 17.3 Å². The van der Waals surface area contributed by atoms with Crippen LogP contribution >= 0.6 is 0 Å². The molecule has 2 unspecified atom stereocenters. The molecule has 1 fully saturated rings. The maximum Gasteiger partial charge on any atom is 0.222 e. The second-order valence-electron chi connectivity index (χ2n) is 6.54. The molecule has 0 aromatic carbocycles. The van der Waals surface area contributed by atoms with Crippen molar-refractivity contribution in [3.8, 4) is 0 Å². The quantitative estimate of drug-likeness (QED) is 0.699. The van der Waals surface area contributed by atoms with Crippen molar-refractivity contribution in [3.63, 3.8) is 0 Å². The minimum absolute atomic E-state index is 0.117. The highest BCUT2D eigenvalue weighted by Gasteiger charge is 2.45. The lowest BCUT2D eigenvalue weighted by atomic mass is 9.92. The maximum atomic E-state index is 12.0. The molecule has 0 radical (unpaired) electrons. The van der Waals surface area contributed by atoms with Gasteiger partial charge >= 0.3 is 0 Å². The zero-order chi connectivity index (χ0) is 13.8. The van der Waals surface area contributed by atoms with Crippen LogP contribution in [0.1, 0.15) is 59.8 Å². The zero-order valence-electron chi connectivity index (χ0n) is 12.5. The van der Waals surface area contributed by atoms with Crippen molar-refractivity contribution in [2.45, 2.75) is 65.8 Å². The molecule has 1 aliphatic rings. The van der Waals surface area contributed by atoms with Crippen LogP contribution < -0.4 is 11.1 Å². The molecule has 1 aliphatic carbocycles. The molecule has 0 heterocycles. The number of rotatable bonds is 8. The van der Waals surface area contributed by atoms with E-state index in [1.165, 1.54) is 12.8 Å². The Morgan fingerprint density at radius 3 is 2.28 bits per heavy atom. The normalized spacial score (nSPS) is 20.6. The Labute approximate surface area is 112 Å². The molecule has 1 rings (SSSR count).